The molecule has 188 valence electrons. The molecule has 2 aromatic carbocycles. The lowest BCUT2D eigenvalue weighted by Crippen LogP contribution is -2.57. The first-order valence-corrected chi connectivity index (χ1v) is 12.2. The molecule has 8 heteroatoms. The van der Waals surface area contributed by atoms with Crippen molar-refractivity contribution in [3.05, 3.63) is 106 Å². The number of aromatic nitrogens is 2. The fraction of sp³-hybridized carbons (Fsp3) is 0.276. The average Bonchev–Trinajstić information content (AvgIpc) is 2.88. The standard InChI is InChI=1S/C29H27F2N5O/c1-18-17-36(29(20-6-4-8-22(30)12-20)21-7-5-9-23(31)13-21)19(2)16-35(18)26-14-27(37)34(3)25-11-10-24(15-32)33-28(25)26/h4-14,18-19,29H,16-17H2,1-3H3/t18-,19+/m0/s1. The minimum atomic E-state index is -0.352. The maximum absolute atomic E-state index is 14.3. The summed E-state index contributed by atoms with van der Waals surface area (Å²) in [6.45, 7) is 5.27. The molecule has 6 nitrogen and oxygen atoms in total. The number of nitriles is 1. The van der Waals surface area contributed by atoms with Gasteiger partial charge in [-0.1, -0.05) is 24.3 Å². The molecule has 2 atom stereocenters. The largest absolute Gasteiger partial charge is 0.364 e. The third-order valence-corrected chi connectivity index (χ3v) is 7.19. The molecule has 0 radical (unpaired) electrons. The van der Waals surface area contributed by atoms with Gasteiger partial charge in [-0.25, -0.2) is 13.8 Å². The molecule has 1 aliphatic rings. The number of nitrogens with zero attached hydrogens (tertiary/aromatic N) is 5. The van der Waals surface area contributed by atoms with Crippen LogP contribution >= 0.6 is 0 Å². The second-order valence-corrected chi connectivity index (χ2v) is 9.66. The molecule has 0 N–H and O–H groups in total. The number of piperazine rings is 1. The van der Waals surface area contributed by atoms with Gasteiger partial charge in [-0.2, -0.15) is 5.26 Å². The number of rotatable bonds is 4. The number of halogens is 2. The summed E-state index contributed by atoms with van der Waals surface area (Å²) in [6, 6.07) is 19.5. The van der Waals surface area contributed by atoms with Crippen molar-refractivity contribution < 1.29 is 8.78 Å². The Morgan fingerprint density at radius 2 is 1.59 bits per heavy atom. The molecule has 37 heavy (non-hydrogen) atoms. The highest BCUT2D eigenvalue weighted by molar-refractivity contribution is 5.89. The zero-order chi connectivity index (χ0) is 26.3. The summed E-state index contributed by atoms with van der Waals surface area (Å²) < 4.78 is 30.1. The molecular weight excluding hydrogens is 472 g/mol. The highest BCUT2D eigenvalue weighted by atomic mass is 19.1. The molecule has 2 aromatic heterocycles. The van der Waals surface area contributed by atoms with Gasteiger partial charge in [0.1, 0.15) is 28.9 Å². The third-order valence-electron chi connectivity index (χ3n) is 7.19. The van der Waals surface area contributed by atoms with E-state index in [1.165, 1.54) is 28.8 Å². The molecule has 3 heterocycles. The van der Waals surface area contributed by atoms with Gasteiger partial charge in [0.15, 0.2) is 0 Å². The molecular formula is C29H27F2N5O. The molecule has 1 aliphatic heterocycles. The van der Waals surface area contributed by atoms with E-state index in [0.717, 1.165) is 11.1 Å². The lowest BCUT2D eigenvalue weighted by atomic mass is 9.93. The summed E-state index contributed by atoms with van der Waals surface area (Å²) >= 11 is 0. The van der Waals surface area contributed by atoms with E-state index in [0.29, 0.717) is 29.8 Å². The Morgan fingerprint density at radius 1 is 0.946 bits per heavy atom. The molecule has 0 aliphatic carbocycles. The van der Waals surface area contributed by atoms with E-state index in [4.69, 9.17) is 0 Å². The van der Waals surface area contributed by atoms with Crippen molar-refractivity contribution in [1.82, 2.24) is 14.5 Å². The number of hydrogen-bond donors (Lipinski definition) is 0. The maximum atomic E-state index is 14.3. The van der Waals surface area contributed by atoms with Gasteiger partial charge in [0.05, 0.1) is 17.2 Å². The predicted octanol–water partition coefficient (Wildman–Crippen LogP) is 4.77. The molecule has 0 bridgehead atoms. The van der Waals surface area contributed by atoms with E-state index < -0.39 is 0 Å². The lowest BCUT2D eigenvalue weighted by molar-refractivity contribution is 0.129. The molecule has 4 aromatic rings. The van der Waals surface area contributed by atoms with Crippen molar-refractivity contribution in [2.24, 2.45) is 7.05 Å². The van der Waals surface area contributed by atoms with Gasteiger partial charge in [-0.05, 0) is 61.4 Å². The van der Waals surface area contributed by atoms with Gasteiger partial charge < -0.3 is 9.47 Å². The molecule has 1 fully saturated rings. The highest BCUT2D eigenvalue weighted by Crippen LogP contribution is 2.36. The van der Waals surface area contributed by atoms with Gasteiger partial charge in [0, 0.05) is 38.3 Å². The van der Waals surface area contributed by atoms with E-state index in [1.807, 2.05) is 12.1 Å². The first-order chi connectivity index (χ1) is 17.8. The van der Waals surface area contributed by atoms with Crippen molar-refractivity contribution >= 4 is 16.7 Å². The quantitative estimate of drug-likeness (QED) is 0.405. The van der Waals surface area contributed by atoms with Gasteiger partial charge in [0.25, 0.3) is 5.56 Å². The monoisotopic (exact) mass is 499 g/mol. The number of aryl methyl sites for hydroxylation is 1. The molecule has 0 unspecified atom stereocenters. The average molecular weight is 500 g/mol. The highest BCUT2D eigenvalue weighted by Gasteiger charge is 2.36. The van der Waals surface area contributed by atoms with E-state index >= 15 is 0 Å². The van der Waals surface area contributed by atoms with Crippen LogP contribution in [0, 0.1) is 23.0 Å². The summed E-state index contributed by atoms with van der Waals surface area (Å²) in [6.07, 6.45) is 0. The number of benzene rings is 2. The van der Waals surface area contributed by atoms with Crippen LogP contribution in [0.25, 0.3) is 11.0 Å². The van der Waals surface area contributed by atoms with Gasteiger partial charge in [-0.15, -0.1) is 0 Å². The second-order valence-electron chi connectivity index (χ2n) is 9.66. The Hall–Kier alpha value is -4.09. The van der Waals surface area contributed by atoms with Crippen LogP contribution in [-0.4, -0.2) is 39.6 Å². The van der Waals surface area contributed by atoms with Crippen molar-refractivity contribution in [2.75, 3.05) is 18.0 Å². The van der Waals surface area contributed by atoms with Crippen LogP contribution in [-0.2, 0) is 7.05 Å². The van der Waals surface area contributed by atoms with Crippen LogP contribution in [0.1, 0.15) is 36.7 Å². The van der Waals surface area contributed by atoms with Crippen LogP contribution < -0.4 is 10.5 Å². The molecule has 0 spiro atoms. The SMILES string of the molecule is C[C@@H]1CN(c2cc(=O)n(C)c3ccc(C#N)nc23)[C@@H](C)CN1C(c1cccc(F)c1)c1cccc(F)c1. The fourth-order valence-electron chi connectivity index (χ4n) is 5.37. The topological polar surface area (TPSA) is 65.2 Å². The summed E-state index contributed by atoms with van der Waals surface area (Å²) in [5.41, 5.74) is 3.55. The van der Waals surface area contributed by atoms with Crippen LogP contribution in [0.2, 0.25) is 0 Å². The first kappa shape index (κ1) is 24.6. The molecule has 0 saturated carbocycles. The second kappa shape index (κ2) is 9.75. The Kier molecular flexibility index (Phi) is 6.48. The Balaban J connectivity index is 1.57. The lowest BCUT2D eigenvalue weighted by Gasteiger charge is -2.48. The summed E-state index contributed by atoms with van der Waals surface area (Å²) in [7, 11) is 1.69. The number of anilines is 1. The zero-order valence-electron chi connectivity index (χ0n) is 20.9. The molecule has 0 amide bonds. The van der Waals surface area contributed by atoms with Gasteiger partial charge in [0.2, 0.25) is 0 Å². The Bertz CT molecular complexity index is 1530. The van der Waals surface area contributed by atoms with Gasteiger partial charge >= 0.3 is 0 Å². The predicted molar refractivity (Wildman–Crippen MR) is 139 cm³/mol. The van der Waals surface area contributed by atoms with Gasteiger partial charge in [-0.3, -0.25) is 9.69 Å². The van der Waals surface area contributed by atoms with E-state index in [2.05, 4.69) is 34.7 Å². The minimum absolute atomic E-state index is 0.0361. The summed E-state index contributed by atoms with van der Waals surface area (Å²) in [5.74, 6) is -0.687. The molecule has 5 rings (SSSR count). The normalized spacial score (nSPS) is 18.4. The molecule has 1 saturated heterocycles. The van der Waals surface area contributed by atoms with Crippen molar-refractivity contribution in [1.29, 1.82) is 5.26 Å². The number of pyridine rings is 2. The Labute approximate surface area is 214 Å². The van der Waals surface area contributed by atoms with Crippen LogP contribution in [0.5, 0.6) is 0 Å². The Morgan fingerprint density at radius 3 is 2.19 bits per heavy atom. The summed E-state index contributed by atoms with van der Waals surface area (Å²) in [4.78, 5) is 21.7. The number of hydrogen-bond acceptors (Lipinski definition) is 5. The maximum Gasteiger partial charge on any atom is 0.252 e. The fourth-order valence-corrected chi connectivity index (χ4v) is 5.37. The van der Waals surface area contributed by atoms with Crippen molar-refractivity contribution in [3.8, 4) is 6.07 Å². The third kappa shape index (κ3) is 4.58. The minimum Gasteiger partial charge on any atom is -0.364 e. The number of fused-ring (bicyclic) bond motifs is 1. The van der Waals surface area contributed by atoms with E-state index in [-0.39, 0.29) is 41.0 Å². The first-order valence-electron chi connectivity index (χ1n) is 12.2. The van der Waals surface area contributed by atoms with Crippen LogP contribution in [0.4, 0.5) is 14.5 Å². The van der Waals surface area contributed by atoms with Crippen molar-refractivity contribution in [3.63, 3.8) is 0 Å². The van der Waals surface area contributed by atoms with E-state index in [9.17, 15) is 18.8 Å². The smallest absolute Gasteiger partial charge is 0.252 e. The van der Waals surface area contributed by atoms with Crippen molar-refractivity contribution in [2.45, 2.75) is 32.0 Å². The van der Waals surface area contributed by atoms with E-state index in [1.54, 1.807) is 37.4 Å². The van der Waals surface area contributed by atoms with Crippen LogP contribution in [0.3, 0.4) is 0 Å². The summed E-state index contributed by atoms with van der Waals surface area (Å²) in [5, 5.41) is 9.41. The van der Waals surface area contributed by atoms with Crippen LogP contribution in [0.15, 0.2) is 71.5 Å². The zero-order valence-corrected chi connectivity index (χ0v) is 20.9.